The third-order valence-corrected chi connectivity index (χ3v) is 6.49. The van der Waals surface area contributed by atoms with Gasteiger partial charge in [0, 0.05) is 26.1 Å². The summed E-state index contributed by atoms with van der Waals surface area (Å²) in [5, 5.41) is 0. The molecule has 6 heteroatoms. The first kappa shape index (κ1) is 15.5. The Bertz CT molecular complexity index is 630. The SMILES string of the molecule is O=C(CCN1CCCS1(=O)=O)N1CCC[C@@H]1c1ccccc1. The third kappa shape index (κ3) is 3.17. The molecule has 1 atom stereocenters. The van der Waals surface area contributed by atoms with Crippen molar-refractivity contribution >= 4 is 15.9 Å². The Morgan fingerprint density at radius 1 is 1.14 bits per heavy atom. The zero-order valence-corrected chi connectivity index (χ0v) is 13.5. The maximum Gasteiger partial charge on any atom is 0.224 e. The van der Waals surface area contributed by atoms with Crippen molar-refractivity contribution < 1.29 is 13.2 Å². The summed E-state index contributed by atoms with van der Waals surface area (Å²) in [6.45, 7) is 1.64. The number of hydrogen-bond acceptors (Lipinski definition) is 3. The largest absolute Gasteiger partial charge is 0.336 e. The summed E-state index contributed by atoms with van der Waals surface area (Å²) in [6, 6.07) is 10.2. The maximum absolute atomic E-state index is 12.5. The summed E-state index contributed by atoms with van der Waals surface area (Å²) < 4.78 is 25.0. The van der Waals surface area contributed by atoms with Gasteiger partial charge in [-0.3, -0.25) is 4.79 Å². The van der Waals surface area contributed by atoms with Crippen molar-refractivity contribution in [3.63, 3.8) is 0 Å². The van der Waals surface area contributed by atoms with Crippen LogP contribution >= 0.6 is 0 Å². The smallest absolute Gasteiger partial charge is 0.224 e. The second kappa shape index (κ2) is 6.38. The molecular weight excluding hydrogens is 300 g/mol. The van der Waals surface area contributed by atoms with E-state index >= 15 is 0 Å². The number of carbonyl (C=O) groups is 1. The molecule has 5 nitrogen and oxygen atoms in total. The number of nitrogens with zero attached hydrogens (tertiary/aromatic N) is 2. The van der Waals surface area contributed by atoms with Gasteiger partial charge in [0.2, 0.25) is 15.9 Å². The van der Waals surface area contributed by atoms with E-state index in [0.29, 0.717) is 19.5 Å². The third-order valence-electron chi connectivity index (χ3n) is 4.54. The van der Waals surface area contributed by atoms with E-state index in [2.05, 4.69) is 12.1 Å². The zero-order valence-electron chi connectivity index (χ0n) is 12.6. The fourth-order valence-electron chi connectivity index (χ4n) is 3.39. The standard InChI is InChI=1S/C16H22N2O3S/c19-16(9-12-17-10-5-13-22(17,20)21)18-11-4-8-15(18)14-6-2-1-3-7-14/h1-3,6-7,15H,4-5,8-13H2/t15-/m1/s1. The molecule has 2 heterocycles. The lowest BCUT2D eigenvalue weighted by Gasteiger charge is -2.26. The molecule has 0 saturated carbocycles. The van der Waals surface area contributed by atoms with E-state index in [1.807, 2.05) is 23.1 Å². The highest BCUT2D eigenvalue weighted by Gasteiger charge is 2.32. The van der Waals surface area contributed by atoms with Crippen molar-refractivity contribution in [3.05, 3.63) is 35.9 Å². The zero-order chi connectivity index (χ0) is 15.6. The highest BCUT2D eigenvalue weighted by molar-refractivity contribution is 7.89. The lowest BCUT2D eigenvalue weighted by atomic mass is 10.0. The van der Waals surface area contributed by atoms with Crippen LogP contribution in [-0.2, 0) is 14.8 Å². The Morgan fingerprint density at radius 2 is 1.91 bits per heavy atom. The molecule has 2 saturated heterocycles. The molecule has 0 unspecified atom stereocenters. The first-order chi connectivity index (χ1) is 10.6. The van der Waals surface area contributed by atoms with Gasteiger partial charge in [-0.25, -0.2) is 12.7 Å². The van der Waals surface area contributed by atoms with Crippen molar-refractivity contribution in [2.24, 2.45) is 0 Å². The van der Waals surface area contributed by atoms with E-state index in [0.717, 1.165) is 19.4 Å². The number of likely N-dealkylation sites (tertiary alicyclic amines) is 1. The Balaban J connectivity index is 1.62. The molecule has 0 N–H and O–H groups in total. The molecule has 1 amide bonds. The van der Waals surface area contributed by atoms with Gasteiger partial charge in [-0.2, -0.15) is 0 Å². The van der Waals surface area contributed by atoms with Gasteiger partial charge in [-0.1, -0.05) is 30.3 Å². The molecular formula is C16H22N2O3S. The summed E-state index contributed by atoms with van der Waals surface area (Å²) in [5.41, 5.74) is 1.17. The van der Waals surface area contributed by atoms with Crippen LogP contribution in [-0.4, -0.2) is 48.9 Å². The fraction of sp³-hybridized carbons (Fsp3) is 0.562. The van der Waals surface area contributed by atoms with Crippen LogP contribution in [0, 0.1) is 0 Å². The predicted octanol–water partition coefficient (Wildman–Crippen LogP) is 1.78. The minimum atomic E-state index is -3.11. The maximum atomic E-state index is 12.5. The van der Waals surface area contributed by atoms with E-state index in [9.17, 15) is 13.2 Å². The van der Waals surface area contributed by atoms with Crippen molar-refractivity contribution in [2.45, 2.75) is 31.7 Å². The Kier molecular flexibility index (Phi) is 4.49. The van der Waals surface area contributed by atoms with Crippen LogP contribution in [0.15, 0.2) is 30.3 Å². The molecule has 0 aliphatic carbocycles. The van der Waals surface area contributed by atoms with Gasteiger partial charge in [0.25, 0.3) is 0 Å². The Labute approximate surface area is 132 Å². The molecule has 0 spiro atoms. The molecule has 2 fully saturated rings. The molecule has 3 rings (SSSR count). The van der Waals surface area contributed by atoms with Crippen LogP contribution in [0.5, 0.6) is 0 Å². The van der Waals surface area contributed by atoms with E-state index in [4.69, 9.17) is 0 Å². The van der Waals surface area contributed by atoms with Gasteiger partial charge in [0.05, 0.1) is 11.8 Å². The molecule has 2 aliphatic rings. The summed E-state index contributed by atoms with van der Waals surface area (Å²) in [4.78, 5) is 14.4. The molecule has 1 aromatic rings. The average Bonchev–Trinajstić information content (AvgIpc) is 3.12. The second-order valence-corrected chi connectivity index (χ2v) is 8.06. The number of carbonyl (C=O) groups excluding carboxylic acids is 1. The molecule has 0 radical (unpaired) electrons. The summed E-state index contributed by atoms with van der Waals surface area (Å²) in [6.07, 6.45) is 2.94. The summed E-state index contributed by atoms with van der Waals surface area (Å²) in [5.74, 6) is 0.283. The highest BCUT2D eigenvalue weighted by Crippen LogP contribution is 2.32. The number of hydrogen-bond donors (Lipinski definition) is 0. The Hall–Kier alpha value is -1.40. The molecule has 120 valence electrons. The van der Waals surface area contributed by atoms with Crippen molar-refractivity contribution in [3.8, 4) is 0 Å². The van der Waals surface area contributed by atoms with Crippen molar-refractivity contribution in [2.75, 3.05) is 25.4 Å². The monoisotopic (exact) mass is 322 g/mol. The van der Waals surface area contributed by atoms with Gasteiger partial charge in [-0.05, 0) is 24.8 Å². The molecule has 0 bridgehead atoms. The second-order valence-electron chi connectivity index (χ2n) is 5.97. The molecule has 22 heavy (non-hydrogen) atoms. The van der Waals surface area contributed by atoms with Crippen LogP contribution in [0.2, 0.25) is 0 Å². The normalized spacial score (nSPS) is 24.7. The van der Waals surface area contributed by atoms with Gasteiger partial charge in [0.1, 0.15) is 0 Å². The predicted molar refractivity (Wildman–Crippen MR) is 84.7 cm³/mol. The number of sulfonamides is 1. The quantitative estimate of drug-likeness (QED) is 0.849. The van der Waals surface area contributed by atoms with Gasteiger partial charge >= 0.3 is 0 Å². The van der Waals surface area contributed by atoms with E-state index in [1.165, 1.54) is 9.87 Å². The van der Waals surface area contributed by atoms with Gasteiger partial charge in [0.15, 0.2) is 0 Å². The van der Waals surface area contributed by atoms with E-state index < -0.39 is 10.0 Å². The van der Waals surface area contributed by atoms with Crippen LogP contribution in [0.4, 0.5) is 0 Å². The van der Waals surface area contributed by atoms with Gasteiger partial charge in [-0.15, -0.1) is 0 Å². The summed E-state index contributed by atoms with van der Waals surface area (Å²) in [7, 11) is -3.11. The minimum absolute atomic E-state index is 0.0634. The molecule has 1 aromatic carbocycles. The summed E-state index contributed by atoms with van der Waals surface area (Å²) >= 11 is 0. The number of benzene rings is 1. The van der Waals surface area contributed by atoms with Crippen LogP contribution in [0.25, 0.3) is 0 Å². The lowest BCUT2D eigenvalue weighted by Crippen LogP contribution is -2.35. The van der Waals surface area contributed by atoms with E-state index in [1.54, 1.807) is 0 Å². The highest BCUT2D eigenvalue weighted by atomic mass is 32.2. The van der Waals surface area contributed by atoms with E-state index in [-0.39, 0.29) is 24.1 Å². The lowest BCUT2D eigenvalue weighted by molar-refractivity contribution is -0.132. The average molecular weight is 322 g/mol. The first-order valence-corrected chi connectivity index (χ1v) is 9.51. The number of amides is 1. The Morgan fingerprint density at radius 3 is 2.59 bits per heavy atom. The minimum Gasteiger partial charge on any atom is -0.336 e. The van der Waals surface area contributed by atoms with Gasteiger partial charge < -0.3 is 4.90 Å². The fourth-order valence-corrected chi connectivity index (χ4v) is 4.92. The number of rotatable bonds is 4. The molecule has 2 aliphatic heterocycles. The van der Waals surface area contributed by atoms with Crippen molar-refractivity contribution in [1.82, 2.24) is 9.21 Å². The van der Waals surface area contributed by atoms with Crippen molar-refractivity contribution in [1.29, 1.82) is 0 Å². The topological polar surface area (TPSA) is 57.7 Å². The molecule has 0 aromatic heterocycles. The van der Waals surface area contributed by atoms with Crippen LogP contribution < -0.4 is 0 Å². The van der Waals surface area contributed by atoms with Crippen LogP contribution in [0.3, 0.4) is 0 Å². The first-order valence-electron chi connectivity index (χ1n) is 7.90. The van der Waals surface area contributed by atoms with Crippen LogP contribution in [0.1, 0.15) is 37.3 Å².